The van der Waals surface area contributed by atoms with Crippen molar-refractivity contribution >= 4 is 51.5 Å². The monoisotopic (exact) mass is 476 g/mol. The molecular weight excluding hydrogens is 461 g/mol. The molecule has 0 saturated heterocycles. The summed E-state index contributed by atoms with van der Waals surface area (Å²) in [5.74, 6) is -3.66. The normalized spacial score (nSPS) is 11.7. The number of aromatic nitrogens is 1. The lowest BCUT2D eigenvalue weighted by Crippen LogP contribution is -2.16. The average Bonchev–Trinajstić information content (AvgIpc) is 3.10. The van der Waals surface area contributed by atoms with Gasteiger partial charge < -0.3 is 11.1 Å². The highest BCUT2D eigenvalue weighted by atomic mass is 35.5. The number of hydrogen-bond acceptors (Lipinski definition) is 5. The first-order valence-electron chi connectivity index (χ1n) is 9.04. The summed E-state index contributed by atoms with van der Waals surface area (Å²) in [6.07, 6.45) is 3.06. The Bertz CT molecular complexity index is 1250. The second-order valence-electron chi connectivity index (χ2n) is 6.48. The molecule has 0 aliphatic rings. The van der Waals surface area contributed by atoms with Crippen molar-refractivity contribution in [3.63, 3.8) is 0 Å². The summed E-state index contributed by atoms with van der Waals surface area (Å²) in [6.45, 7) is 5.20. The van der Waals surface area contributed by atoms with Crippen molar-refractivity contribution in [2.24, 2.45) is 4.99 Å². The van der Waals surface area contributed by atoms with Gasteiger partial charge in [-0.25, -0.2) is 23.1 Å². The van der Waals surface area contributed by atoms with Gasteiger partial charge in [-0.05, 0) is 48.9 Å². The molecule has 0 spiro atoms. The summed E-state index contributed by atoms with van der Waals surface area (Å²) < 4.78 is 42.5. The maximum Gasteiger partial charge on any atom is 0.261 e. The molecule has 5 nitrogen and oxygen atoms in total. The summed E-state index contributed by atoms with van der Waals surface area (Å²) in [7, 11) is 0. The maximum absolute atomic E-state index is 14.7. The Labute approximate surface area is 190 Å². The number of anilines is 2. The second kappa shape index (κ2) is 9.80. The number of nitrogens with one attached hydrogen (secondary N) is 1. The third-order valence-corrected chi connectivity index (χ3v) is 5.33. The van der Waals surface area contributed by atoms with Crippen molar-refractivity contribution in [3.8, 4) is 11.3 Å². The highest BCUT2D eigenvalue weighted by Gasteiger charge is 2.20. The van der Waals surface area contributed by atoms with E-state index in [0.29, 0.717) is 10.5 Å². The minimum absolute atomic E-state index is 0.0474. The number of carbonyl (C=O) groups excluding carboxylic acids is 1. The number of carbonyl (C=O) groups is 1. The standard InChI is InChI=1S/C22H16ClF3N4OS/c1-11(8-9-28-12(2)23)20-19(30-22(27)32-20)14-10-13(6-7-15(14)24)29-21(31)18-16(25)4-3-5-17(18)26/h3-10H,2H2,1H3,(H2,27,30)(H,29,31)/b11-8+,28-9-. The Hall–Kier alpha value is -3.43. The molecule has 0 saturated carbocycles. The van der Waals surface area contributed by atoms with Gasteiger partial charge in [0.1, 0.15) is 28.2 Å². The third kappa shape index (κ3) is 5.24. The van der Waals surface area contributed by atoms with Gasteiger partial charge in [-0.15, -0.1) is 0 Å². The molecule has 1 heterocycles. The number of benzene rings is 2. The smallest absolute Gasteiger partial charge is 0.261 e. The molecule has 1 amide bonds. The molecule has 32 heavy (non-hydrogen) atoms. The maximum atomic E-state index is 14.7. The van der Waals surface area contributed by atoms with Crippen LogP contribution in [-0.4, -0.2) is 17.1 Å². The van der Waals surface area contributed by atoms with Gasteiger partial charge >= 0.3 is 0 Å². The van der Waals surface area contributed by atoms with E-state index in [1.807, 2.05) is 0 Å². The van der Waals surface area contributed by atoms with Crippen LogP contribution in [0.15, 0.2) is 59.2 Å². The molecule has 3 rings (SSSR count). The lowest BCUT2D eigenvalue weighted by molar-refractivity contribution is 0.101. The number of halogens is 4. The Morgan fingerprint density at radius 2 is 1.91 bits per heavy atom. The highest BCUT2D eigenvalue weighted by molar-refractivity contribution is 7.16. The number of hydrogen-bond donors (Lipinski definition) is 2. The molecule has 0 aliphatic heterocycles. The van der Waals surface area contributed by atoms with Gasteiger partial charge in [0, 0.05) is 17.5 Å². The minimum Gasteiger partial charge on any atom is -0.375 e. The van der Waals surface area contributed by atoms with Crippen LogP contribution < -0.4 is 11.1 Å². The van der Waals surface area contributed by atoms with E-state index >= 15 is 0 Å². The lowest BCUT2D eigenvalue weighted by Gasteiger charge is -2.10. The van der Waals surface area contributed by atoms with Crippen LogP contribution in [0.25, 0.3) is 16.8 Å². The van der Waals surface area contributed by atoms with Crippen molar-refractivity contribution in [3.05, 3.63) is 82.1 Å². The van der Waals surface area contributed by atoms with Crippen molar-refractivity contribution in [2.75, 3.05) is 11.1 Å². The van der Waals surface area contributed by atoms with Gasteiger partial charge in [0.2, 0.25) is 0 Å². The van der Waals surface area contributed by atoms with E-state index in [1.54, 1.807) is 13.0 Å². The first kappa shape index (κ1) is 23.2. The quantitative estimate of drug-likeness (QED) is 0.326. The van der Waals surface area contributed by atoms with Crippen molar-refractivity contribution in [1.82, 2.24) is 4.98 Å². The Kier molecular flexibility index (Phi) is 7.12. The van der Waals surface area contributed by atoms with Crippen LogP contribution in [0.3, 0.4) is 0 Å². The molecule has 1 aromatic heterocycles. The molecule has 0 bridgehead atoms. The molecule has 0 atom stereocenters. The number of nitrogens with two attached hydrogens (primary N) is 1. The first-order valence-corrected chi connectivity index (χ1v) is 10.2. The molecule has 164 valence electrons. The van der Waals surface area contributed by atoms with Gasteiger partial charge in [-0.3, -0.25) is 4.79 Å². The second-order valence-corrected chi connectivity index (χ2v) is 7.95. The predicted molar refractivity (Wildman–Crippen MR) is 123 cm³/mol. The Morgan fingerprint density at radius 1 is 1.22 bits per heavy atom. The summed E-state index contributed by atoms with van der Waals surface area (Å²) >= 11 is 6.73. The fourth-order valence-corrected chi connectivity index (χ4v) is 3.67. The molecular formula is C22H16ClF3N4OS. The number of amides is 1. The van der Waals surface area contributed by atoms with E-state index in [4.69, 9.17) is 17.3 Å². The summed E-state index contributed by atoms with van der Waals surface area (Å²) in [5.41, 5.74) is 6.19. The zero-order valence-electron chi connectivity index (χ0n) is 16.6. The summed E-state index contributed by atoms with van der Waals surface area (Å²) in [4.78, 5) is 21.0. The van der Waals surface area contributed by atoms with Crippen LogP contribution in [0.4, 0.5) is 24.0 Å². The van der Waals surface area contributed by atoms with Gasteiger partial charge in [-0.1, -0.05) is 35.6 Å². The van der Waals surface area contributed by atoms with Gasteiger partial charge in [0.25, 0.3) is 5.91 Å². The van der Waals surface area contributed by atoms with Crippen LogP contribution in [0.2, 0.25) is 0 Å². The molecule has 0 radical (unpaired) electrons. The molecule has 0 aliphatic carbocycles. The number of nitrogens with zero attached hydrogens (tertiary/aromatic N) is 2. The molecule has 0 fully saturated rings. The van der Waals surface area contributed by atoms with Crippen LogP contribution in [0.1, 0.15) is 22.2 Å². The fraction of sp³-hybridized carbons (Fsp3) is 0.0455. The molecule has 10 heteroatoms. The van der Waals surface area contributed by atoms with Gasteiger partial charge in [0.15, 0.2) is 5.13 Å². The summed E-state index contributed by atoms with van der Waals surface area (Å²) in [5, 5.41) is 2.67. The Balaban J connectivity index is 1.98. The van der Waals surface area contributed by atoms with Crippen LogP contribution in [0, 0.1) is 17.5 Å². The molecule has 3 N–H and O–H groups in total. The zero-order valence-corrected chi connectivity index (χ0v) is 18.2. The largest absolute Gasteiger partial charge is 0.375 e. The van der Waals surface area contributed by atoms with Crippen LogP contribution in [0.5, 0.6) is 0 Å². The van der Waals surface area contributed by atoms with Crippen LogP contribution in [-0.2, 0) is 0 Å². The van der Waals surface area contributed by atoms with Crippen molar-refractivity contribution in [2.45, 2.75) is 6.92 Å². The minimum atomic E-state index is -1.01. The van der Waals surface area contributed by atoms with Crippen LogP contribution >= 0.6 is 22.9 Å². The number of aliphatic imine (C=N–C) groups is 1. The van der Waals surface area contributed by atoms with E-state index in [2.05, 4.69) is 21.9 Å². The third-order valence-electron chi connectivity index (χ3n) is 4.21. The number of allylic oxidation sites excluding steroid dienone is 2. The van der Waals surface area contributed by atoms with E-state index in [9.17, 15) is 18.0 Å². The van der Waals surface area contributed by atoms with E-state index in [0.717, 1.165) is 35.6 Å². The topological polar surface area (TPSA) is 80.4 Å². The van der Waals surface area contributed by atoms with E-state index in [1.165, 1.54) is 18.3 Å². The molecule has 2 aromatic carbocycles. The fourth-order valence-electron chi connectivity index (χ4n) is 2.78. The molecule has 0 unspecified atom stereocenters. The number of rotatable bonds is 6. The van der Waals surface area contributed by atoms with Gasteiger partial charge in [0.05, 0.1) is 10.6 Å². The predicted octanol–water partition coefficient (Wildman–Crippen LogP) is 6.25. The van der Waals surface area contributed by atoms with E-state index < -0.39 is 28.9 Å². The number of nitrogen functional groups attached to an aromatic ring is 1. The Morgan fingerprint density at radius 3 is 2.56 bits per heavy atom. The number of thiazole rings is 1. The lowest BCUT2D eigenvalue weighted by atomic mass is 10.1. The van der Waals surface area contributed by atoms with Crippen molar-refractivity contribution < 1.29 is 18.0 Å². The average molecular weight is 477 g/mol. The zero-order chi connectivity index (χ0) is 23.4. The van der Waals surface area contributed by atoms with Crippen molar-refractivity contribution in [1.29, 1.82) is 0 Å². The van der Waals surface area contributed by atoms with Gasteiger partial charge in [-0.2, -0.15) is 0 Å². The summed E-state index contributed by atoms with van der Waals surface area (Å²) in [6, 6.07) is 6.78. The van der Waals surface area contributed by atoms with E-state index in [-0.39, 0.29) is 27.2 Å². The SMILES string of the molecule is C=C(Cl)/N=C\C=C(/C)c1sc(N)nc1-c1cc(NC(=O)c2c(F)cccc2F)ccc1F. The molecule has 3 aromatic rings. The first-order chi connectivity index (χ1) is 15.2. The highest BCUT2D eigenvalue weighted by Crippen LogP contribution is 2.37.